The molecule has 4 amide bonds. The van der Waals surface area contributed by atoms with Gasteiger partial charge < -0.3 is 16.0 Å². The lowest BCUT2D eigenvalue weighted by Gasteiger charge is -2.32. The van der Waals surface area contributed by atoms with E-state index in [4.69, 9.17) is 5.73 Å². The van der Waals surface area contributed by atoms with Crippen molar-refractivity contribution in [3.05, 3.63) is 34.9 Å². The number of benzene rings is 1. The number of nitrogens with one attached hydrogen (secondary N) is 1. The summed E-state index contributed by atoms with van der Waals surface area (Å²) in [6.07, 6.45) is 1.46. The molecule has 2 heterocycles. The van der Waals surface area contributed by atoms with Crippen molar-refractivity contribution in [2.45, 2.75) is 12.8 Å². The van der Waals surface area contributed by atoms with Crippen LogP contribution in [-0.2, 0) is 4.79 Å². The van der Waals surface area contributed by atoms with Crippen molar-refractivity contribution in [1.29, 1.82) is 0 Å². The number of amides is 4. The predicted molar refractivity (Wildman–Crippen MR) is 93.6 cm³/mol. The molecule has 3 N–H and O–H groups in total. The van der Waals surface area contributed by atoms with Crippen LogP contribution in [0.2, 0.25) is 0 Å². The second-order valence-electron chi connectivity index (χ2n) is 6.60. The molecule has 26 heavy (non-hydrogen) atoms. The highest BCUT2D eigenvalue weighted by atomic mass is 16.2. The summed E-state index contributed by atoms with van der Waals surface area (Å²) in [7, 11) is 1.42. The van der Waals surface area contributed by atoms with Gasteiger partial charge in [0.15, 0.2) is 0 Å². The van der Waals surface area contributed by atoms with Gasteiger partial charge >= 0.3 is 0 Å². The van der Waals surface area contributed by atoms with Crippen molar-refractivity contribution in [2.75, 3.05) is 33.2 Å². The number of nitrogens with two attached hydrogens (primary N) is 1. The highest BCUT2D eigenvalue weighted by molar-refractivity contribution is 6.21. The van der Waals surface area contributed by atoms with Gasteiger partial charge in [-0.3, -0.25) is 24.1 Å². The van der Waals surface area contributed by atoms with Crippen molar-refractivity contribution in [3.63, 3.8) is 0 Å². The number of hydrogen-bond acceptors (Lipinski definition) is 5. The van der Waals surface area contributed by atoms with E-state index in [1.165, 1.54) is 19.2 Å². The molecule has 1 unspecified atom stereocenters. The van der Waals surface area contributed by atoms with Crippen LogP contribution < -0.4 is 11.1 Å². The van der Waals surface area contributed by atoms with Gasteiger partial charge in [0.1, 0.15) is 0 Å². The summed E-state index contributed by atoms with van der Waals surface area (Å²) in [4.78, 5) is 51.7. The van der Waals surface area contributed by atoms with E-state index in [0.717, 1.165) is 17.7 Å². The van der Waals surface area contributed by atoms with E-state index in [1.54, 1.807) is 11.0 Å². The molecule has 8 heteroatoms. The molecule has 8 nitrogen and oxygen atoms in total. The fourth-order valence-electron chi connectivity index (χ4n) is 3.39. The molecule has 1 aromatic rings. The molecular formula is C18H22N4O4. The zero-order valence-electron chi connectivity index (χ0n) is 14.7. The van der Waals surface area contributed by atoms with Crippen molar-refractivity contribution in [3.8, 4) is 0 Å². The smallest absolute Gasteiger partial charge is 0.261 e. The van der Waals surface area contributed by atoms with E-state index in [-0.39, 0.29) is 29.2 Å². The number of carbonyl (C=O) groups excluding carboxylic acids is 4. The van der Waals surface area contributed by atoms with Crippen molar-refractivity contribution < 1.29 is 19.2 Å². The van der Waals surface area contributed by atoms with Crippen LogP contribution in [0, 0.1) is 5.92 Å². The monoisotopic (exact) mass is 358 g/mol. The van der Waals surface area contributed by atoms with Gasteiger partial charge in [-0.15, -0.1) is 0 Å². The molecule has 0 aliphatic carbocycles. The summed E-state index contributed by atoms with van der Waals surface area (Å²) in [5, 5.41) is 2.76. The molecule has 2 aliphatic rings. The summed E-state index contributed by atoms with van der Waals surface area (Å²) in [5.41, 5.74) is 6.31. The first kappa shape index (κ1) is 18.1. The second-order valence-corrected chi connectivity index (χ2v) is 6.60. The Morgan fingerprint density at radius 2 is 1.96 bits per heavy atom. The Morgan fingerprint density at radius 1 is 1.23 bits per heavy atom. The quantitative estimate of drug-likeness (QED) is 0.726. The Kier molecular flexibility index (Phi) is 5.03. The van der Waals surface area contributed by atoms with E-state index < -0.39 is 5.91 Å². The first-order valence-corrected chi connectivity index (χ1v) is 8.67. The normalized spacial score (nSPS) is 19.5. The van der Waals surface area contributed by atoms with E-state index in [0.29, 0.717) is 37.3 Å². The Balaban J connectivity index is 1.75. The maximum absolute atomic E-state index is 12.8. The van der Waals surface area contributed by atoms with Crippen molar-refractivity contribution in [1.82, 2.24) is 15.1 Å². The molecule has 1 saturated heterocycles. The number of nitrogens with zero attached hydrogens (tertiary/aromatic N) is 2. The van der Waals surface area contributed by atoms with Gasteiger partial charge in [-0.25, -0.2) is 0 Å². The fraction of sp³-hybridized carbons (Fsp3) is 0.444. The molecule has 0 aromatic heterocycles. The summed E-state index contributed by atoms with van der Waals surface area (Å²) in [6.45, 7) is 1.68. The zero-order chi connectivity index (χ0) is 18.8. The molecule has 1 atom stereocenters. The molecule has 1 fully saturated rings. The van der Waals surface area contributed by atoms with E-state index in [2.05, 4.69) is 5.32 Å². The number of rotatable bonds is 4. The highest BCUT2D eigenvalue weighted by Gasteiger charge is 2.34. The first-order valence-electron chi connectivity index (χ1n) is 8.67. The minimum absolute atomic E-state index is 0.0932. The number of piperidine rings is 1. The van der Waals surface area contributed by atoms with Gasteiger partial charge in [0.05, 0.1) is 17.0 Å². The van der Waals surface area contributed by atoms with Crippen molar-refractivity contribution in [2.24, 2.45) is 11.7 Å². The Morgan fingerprint density at radius 3 is 2.69 bits per heavy atom. The maximum Gasteiger partial charge on any atom is 0.261 e. The number of fused-ring (bicyclic) bond motifs is 1. The Labute approximate surface area is 151 Å². The average molecular weight is 358 g/mol. The van der Waals surface area contributed by atoms with Gasteiger partial charge in [0.25, 0.3) is 17.7 Å². The van der Waals surface area contributed by atoms with Crippen LogP contribution in [0.4, 0.5) is 0 Å². The van der Waals surface area contributed by atoms with Crippen LogP contribution in [-0.4, -0.2) is 66.7 Å². The summed E-state index contributed by atoms with van der Waals surface area (Å²) in [5.74, 6) is -1.36. The van der Waals surface area contributed by atoms with Gasteiger partial charge in [0, 0.05) is 38.8 Å². The van der Waals surface area contributed by atoms with Crippen molar-refractivity contribution >= 4 is 23.6 Å². The third kappa shape index (κ3) is 3.20. The van der Waals surface area contributed by atoms with Gasteiger partial charge in [-0.2, -0.15) is 0 Å². The molecule has 3 rings (SSSR count). The van der Waals surface area contributed by atoms with Crippen LogP contribution >= 0.6 is 0 Å². The topological polar surface area (TPSA) is 113 Å². The standard InChI is InChI=1S/C18H22N4O4/c1-21-17(25)13-5-4-11(9-14(13)18(21)26)16(24)22-8-2-3-12(10-22)15(23)20-7-6-19/h4-5,9,12H,2-3,6-8,10,19H2,1H3,(H,20,23). The first-order chi connectivity index (χ1) is 12.4. The number of hydrogen-bond donors (Lipinski definition) is 2. The van der Waals surface area contributed by atoms with E-state index in [1.807, 2.05) is 0 Å². The molecule has 2 aliphatic heterocycles. The fourth-order valence-corrected chi connectivity index (χ4v) is 3.39. The second kappa shape index (κ2) is 7.25. The third-order valence-corrected chi connectivity index (χ3v) is 4.86. The Bertz CT molecular complexity index is 776. The summed E-state index contributed by atoms with van der Waals surface area (Å²) >= 11 is 0. The lowest BCUT2D eigenvalue weighted by Crippen LogP contribution is -2.46. The SMILES string of the molecule is CN1C(=O)c2ccc(C(=O)N3CCCC(C(=O)NCCN)C3)cc2C1=O. The largest absolute Gasteiger partial charge is 0.355 e. The number of imide groups is 1. The van der Waals surface area contributed by atoms with Crippen LogP contribution in [0.1, 0.15) is 43.9 Å². The molecule has 0 spiro atoms. The zero-order valence-corrected chi connectivity index (χ0v) is 14.7. The van der Waals surface area contributed by atoms with E-state index >= 15 is 0 Å². The lowest BCUT2D eigenvalue weighted by molar-refractivity contribution is -0.126. The lowest BCUT2D eigenvalue weighted by atomic mass is 9.96. The van der Waals surface area contributed by atoms with Crippen LogP contribution in [0.25, 0.3) is 0 Å². The molecule has 1 aromatic carbocycles. The van der Waals surface area contributed by atoms with Gasteiger partial charge in [0.2, 0.25) is 5.91 Å². The molecule has 0 bridgehead atoms. The van der Waals surface area contributed by atoms with Crippen LogP contribution in [0.3, 0.4) is 0 Å². The van der Waals surface area contributed by atoms with Crippen LogP contribution in [0.15, 0.2) is 18.2 Å². The summed E-state index contributed by atoms with van der Waals surface area (Å²) < 4.78 is 0. The molecule has 138 valence electrons. The minimum atomic E-state index is -0.405. The van der Waals surface area contributed by atoms with Gasteiger partial charge in [-0.1, -0.05) is 0 Å². The Hall–Kier alpha value is -2.74. The average Bonchev–Trinajstić information content (AvgIpc) is 2.89. The number of carbonyl (C=O) groups is 4. The van der Waals surface area contributed by atoms with E-state index in [9.17, 15) is 19.2 Å². The number of likely N-dealkylation sites (tertiary alicyclic amines) is 1. The highest BCUT2D eigenvalue weighted by Crippen LogP contribution is 2.25. The molecule has 0 saturated carbocycles. The third-order valence-electron chi connectivity index (χ3n) is 4.86. The predicted octanol–water partition coefficient (Wildman–Crippen LogP) is -0.160. The summed E-state index contributed by atoms with van der Waals surface area (Å²) in [6, 6.07) is 4.55. The van der Waals surface area contributed by atoms with Gasteiger partial charge in [-0.05, 0) is 31.0 Å². The molecular weight excluding hydrogens is 336 g/mol. The molecule has 0 radical (unpaired) electrons. The van der Waals surface area contributed by atoms with Crippen LogP contribution in [0.5, 0.6) is 0 Å². The maximum atomic E-state index is 12.8. The minimum Gasteiger partial charge on any atom is -0.355 e.